The zero-order valence-corrected chi connectivity index (χ0v) is 30.7. The first-order valence-electron chi connectivity index (χ1n) is 18.5. The Bertz CT molecular complexity index is 3030. The molecule has 0 aliphatic carbocycles. The van der Waals surface area contributed by atoms with Crippen LogP contribution in [0.5, 0.6) is 0 Å². The van der Waals surface area contributed by atoms with Crippen molar-refractivity contribution in [1.82, 2.24) is 0 Å². The highest BCUT2D eigenvalue weighted by atomic mass is 32.1. The first kappa shape index (κ1) is 32.7. The number of furan rings is 1. The Hall–Kier alpha value is -6.88. The average molecular weight is 723 g/mol. The van der Waals surface area contributed by atoms with Gasteiger partial charge in [-0.1, -0.05) is 146 Å². The lowest BCUT2D eigenvalue weighted by Crippen LogP contribution is -2.00. The molecule has 10 aromatic rings. The molecule has 260 valence electrons. The topological polar surface area (TPSA) is 37.9 Å². The third-order valence-electron chi connectivity index (χ3n) is 10.3. The second kappa shape index (κ2) is 14.2. The third kappa shape index (κ3) is 6.43. The zero-order chi connectivity index (χ0) is 36.6. The van der Waals surface area contributed by atoms with Gasteiger partial charge in [-0.25, -0.2) is 4.99 Å². The van der Waals surface area contributed by atoms with E-state index < -0.39 is 0 Å². The minimum absolute atomic E-state index is 0.532. The molecule has 2 aromatic heterocycles. The van der Waals surface area contributed by atoms with Gasteiger partial charge in [0.25, 0.3) is 0 Å². The van der Waals surface area contributed by atoms with Gasteiger partial charge < -0.3 is 4.42 Å². The molecule has 0 saturated carbocycles. The van der Waals surface area contributed by atoms with E-state index in [4.69, 9.17) is 14.4 Å². The lowest BCUT2D eigenvalue weighted by molar-refractivity contribution is 0.669. The molecular formula is C51H34N2OS. The quantitative estimate of drug-likeness (QED) is 0.119. The number of hydrogen-bond donors (Lipinski definition) is 0. The monoisotopic (exact) mass is 722 g/mol. The minimum atomic E-state index is 0.532. The Morgan fingerprint density at radius 3 is 1.84 bits per heavy atom. The van der Waals surface area contributed by atoms with Crippen LogP contribution in [0.25, 0.3) is 75.5 Å². The molecular weight excluding hydrogens is 689 g/mol. The van der Waals surface area contributed by atoms with E-state index in [-0.39, 0.29) is 0 Å². The largest absolute Gasteiger partial charge is 0.456 e. The number of para-hydroxylation sites is 1. The average Bonchev–Trinajstić information content (AvgIpc) is 3.83. The molecule has 0 aliphatic heterocycles. The summed E-state index contributed by atoms with van der Waals surface area (Å²) in [5.41, 5.74) is 12.1. The van der Waals surface area contributed by atoms with Crippen LogP contribution in [0.3, 0.4) is 0 Å². The van der Waals surface area contributed by atoms with E-state index in [0.29, 0.717) is 12.4 Å². The molecule has 0 atom stereocenters. The van der Waals surface area contributed by atoms with Crippen LogP contribution in [-0.4, -0.2) is 12.1 Å². The summed E-state index contributed by atoms with van der Waals surface area (Å²) in [5.74, 6) is 0.683. The molecule has 0 radical (unpaired) electrons. The standard InChI is InChI=1S/C51H34N2OS/c1-3-10-34(11-4-1)32-52-51(41-26-28-47-44(31-41)43-15-7-8-16-46(43)54-47)53-33-42-14-9-17-49-50(42)45-30-40(27-29-48(45)55-49)39-24-22-38(23-25-39)37-20-18-36(19-21-37)35-12-5-2-6-13-35/h1-31,33H,32H2. The van der Waals surface area contributed by atoms with E-state index in [2.05, 4.69) is 146 Å². The van der Waals surface area contributed by atoms with Gasteiger partial charge in [0.1, 0.15) is 11.2 Å². The number of nitrogens with zero attached hydrogens (tertiary/aromatic N) is 2. The van der Waals surface area contributed by atoms with Crippen molar-refractivity contribution in [2.75, 3.05) is 0 Å². The van der Waals surface area contributed by atoms with Crippen molar-refractivity contribution in [3.05, 3.63) is 205 Å². The number of benzene rings is 8. The molecule has 0 unspecified atom stereocenters. The molecule has 0 amide bonds. The molecule has 4 heteroatoms. The van der Waals surface area contributed by atoms with Crippen LogP contribution in [0.15, 0.2) is 202 Å². The van der Waals surface area contributed by atoms with Gasteiger partial charge in [-0.05, 0) is 81.4 Å². The molecule has 0 spiro atoms. The molecule has 0 fully saturated rings. The summed E-state index contributed by atoms with van der Waals surface area (Å²) in [7, 11) is 0. The summed E-state index contributed by atoms with van der Waals surface area (Å²) in [5, 5.41) is 4.59. The van der Waals surface area contributed by atoms with Gasteiger partial charge in [-0.3, -0.25) is 4.99 Å². The molecule has 10 rings (SSSR count). The van der Waals surface area contributed by atoms with Crippen molar-refractivity contribution in [3.63, 3.8) is 0 Å². The number of aliphatic imine (C=N–C) groups is 2. The molecule has 0 saturated heterocycles. The third-order valence-corrected chi connectivity index (χ3v) is 11.4. The fourth-order valence-electron chi connectivity index (χ4n) is 7.43. The van der Waals surface area contributed by atoms with E-state index in [9.17, 15) is 0 Å². The fourth-order valence-corrected chi connectivity index (χ4v) is 8.55. The number of rotatable bonds is 7. The number of hydrogen-bond acceptors (Lipinski definition) is 3. The van der Waals surface area contributed by atoms with Gasteiger partial charge in [0.15, 0.2) is 5.84 Å². The highest BCUT2D eigenvalue weighted by Gasteiger charge is 2.13. The summed E-state index contributed by atoms with van der Waals surface area (Å²) in [6.07, 6.45) is 1.99. The lowest BCUT2D eigenvalue weighted by Gasteiger charge is -2.08. The second-order valence-corrected chi connectivity index (χ2v) is 14.8. The predicted molar refractivity (Wildman–Crippen MR) is 234 cm³/mol. The van der Waals surface area contributed by atoms with Crippen LogP contribution >= 0.6 is 11.3 Å². The Balaban J connectivity index is 0.993. The maximum atomic E-state index is 6.13. The molecule has 0 aliphatic rings. The van der Waals surface area contributed by atoms with Gasteiger partial charge in [0, 0.05) is 48.3 Å². The Labute approximate surface area is 323 Å². The smallest absolute Gasteiger partial charge is 0.154 e. The van der Waals surface area contributed by atoms with Crippen molar-refractivity contribution >= 4 is 65.5 Å². The van der Waals surface area contributed by atoms with Gasteiger partial charge in [-0.15, -0.1) is 11.3 Å². The highest BCUT2D eigenvalue weighted by molar-refractivity contribution is 7.25. The van der Waals surface area contributed by atoms with E-state index in [0.717, 1.165) is 38.6 Å². The van der Waals surface area contributed by atoms with Crippen molar-refractivity contribution in [2.24, 2.45) is 9.98 Å². The summed E-state index contributed by atoms with van der Waals surface area (Å²) in [6.45, 7) is 0.532. The number of thiophene rings is 1. The van der Waals surface area contributed by atoms with E-state index in [1.54, 1.807) is 0 Å². The number of fused-ring (bicyclic) bond motifs is 6. The first-order valence-corrected chi connectivity index (χ1v) is 19.3. The van der Waals surface area contributed by atoms with Crippen LogP contribution in [-0.2, 0) is 6.54 Å². The normalized spacial score (nSPS) is 12.1. The maximum Gasteiger partial charge on any atom is 0.154 e. The summed E-state index contributed by atoms with van der Waals surface area (Å²) < 4.78 is 8.62. The van der Waals surface area contributed by atoms with Crippen molar-refractivity contribution in [2.45, 2.75) is 6.54 Å². The van der Waals surface area contributed by atoms with Gasteiger partial charge >= 0.3 is 0 Å². The Kier molecular flexibility index (Phi) is 8.43. The van der Waals surface area contributed by atoms with E-state index in [1.165, 1.54) is 53.6 Å². The Morgan fingerprint density at radius 2 is 1.09 bits per heavy atom. The van der Waals surface area contributed by atoms with Crippen molar-refractivity contribution in [3.8, 4) is 33.4 Å². The summed E-state index contributed by atoms with van der Waals surface area (Å²) in [4.78, 5) is 10.2. The Morgan fingerprint density at radius 1 is 0.473 bits per heavy atom. The molecule has 0 bridgehead atoms. The maximum absolute atomic E-state index is 6.13. The number of amidine groups is 1. The molecule has 8 aromatic carbocycles. The summed E-state index contributed by atoms with van der Waals surface area (Å²) in [6, 6.07) is 66.3. The van der Waals surface area contributed by atoms with Crippen LogP contribution in [0.2, 0.25) is 0 Å². The van der Waals surface area contributed by atoms with Crippen molar-refractivity contribution < 1.29 is 4.42 Å². The SMILES string of the molecule is C(=NC(=NCc1ccccc1)c1ccc2oc3ccccc3c2c1)c1cccc2sc3ccc(-c4ccc(-c5ccc(-c6ccccc6)cc5)cc4)cc3c12. The first-order chi connectivity index (χ1) is 27.2. The zero-order valence-electron chi connectivity index (χ0n) is 29.9. The van der Waals surface area contributed by atoms with Crippen molar-refractivity contribution in [1.29, 1.82) is 0 Å². The van der Waals surface area contributed by atoms with Crippen LogP contribution in [0.1, 0.15) is 16.7 Å². The van der Waals surface area contributed by atoms with Crippen LogP contribution < -0.4 is 0 Å². The highest BCUT2D eigenvalue weighted by Crippen LogP contribution is 2.38. The van der Waals surface area contributed by atoms with Gasteiger partial charge in [0.2, 0.25) is 0 Å². The second-order valence-electron chi connectivity index (χ2n) is 13.7. The van der Waals surface area contributed by atoms with Crippen LogP contribution in [0.4, 0.5) is 0 Å². The fraction of sp³-hybridized carbons (Fsp3) is 0.0196. The van der Waals surface area contributed by atoms with Crippen LogP contribution in [0, 0.1) is 0 Å². The lowest BCUT2D eigenvalue weighted by atomic mass is 9.97. The predicted octanol–water partition coefficient (Wildman–Crippen LogP) is 14.0. The van der Waals surface area contributed by atoms with E-state index in [1.807, 2.05) is 60.0 Å². The minimum Gasteiger partial charge on any atom is -0.456 e. The molecule has 0 N–H and O–H groups in total. The van der Waals surface area contributed by atoms with E-state index >= 15 is 0 Å². The van der Waals surface area contributed by atoms with Gasteiger partial charge in [0.05, 0.1) is 6.54 Å². The molecule has 3 nitrogen and oxygen atoms in total. The molecule has 2 heterocycles. The molecule has 55 heavy (non-hydrogen) atoms. The van der Waals surface area contributed by atoms with Gasteiger partial charge in [-0.2, -0.15) is 0 Å². The summed E-state index contributed by atoms with van der Waals surface area (Å²) >= 11 is 1.82.